The third kappa shape index (κ3) is 3.61. The molecule has 2 aromatic rings. The first kappa shape index (κ1) is 14.6. The summed E-state index contributed by atoms with van der Waals surface area (Å²) in [7, 11) is 1.57. The van der Waals surface area contributed by atoms with Crippen molar-refractivity contribution in [1.82, 2.24) is 0 Å². The zero-order chi connectivity index (χ0) is 15.2. The van der Waals surface area contributed by atoms with Crippen LogP contribution in [0.15, 0.2) is 42.5 Å². The zero-order valence-corrected chi connectivity index (χ0v) is 11.9. The van der Waals surface area contributed by atoms with E-state index in [9.17, 15) is 4.79 Å². The largest absolute Gasteiger partial charge is 0.496 e. The first-order valence-corrected chi connectivity index (χ1v) is 6.45. The van der Waals surface area contributed by atoms with E-state index >= 15 is 0 Å². The molecule has 0 radical (unpaired) electrons. The van der Waals surface area contributed by atoms with Gasteiger partial charge < -0.3 is 9.47 Å². The fraction of sp³-hybridized carbons (Fsp3) is 0.176. The first-order valence-electron chi connectivity index (χ1n) is 6.45. The van der Waals surface area contributed by atoms with Crippen molar-refractivity contribution in [3.8, 4) is 17.6 Å². The highest BCUT2D eigenvalue weighted by Crippen LogP contribution is 2.22. The smallest absolute Gasteiger partial charge is 0.159 e. The molecule has 0 aliphatic heterocycles. The van der Waals surface area contributed by atoms with E-state index in [1.54, 1.807) is 49.6 Å². The Balaban J connectivity index is 2.18. The lowest BCUT2D eigenvalue weighted by atomic mass is 10.1. The summed E-state index contributed by atoms with van der Waals surface area (Å²) in [5, 5.41) is 8.94. The Labute approximate surface area is 123 Å². The van der Waals surface area contributed by atoms with Gasteiger partial charge in [0.2, 0.25) is 0 Å². The molecule has 4 nitrogen and oxygen atoms in total. The molecule has 21 heavy (non-hydrogen) atoms. The number of carbonyl (C=O) groups excluding carboxylic acids is 1. The van der Waals surface area contributed by atoms with Crippen molar-refractivity contribution in [2.75, 3.05) is 7.11 Å². The van der Waals surface area contributed by atoms with Crippen molar-refractivity contribution in [2.24, 2.45) is 0 Å². The van der Waals surface area contributed by atoms with E-state index in [1.165, 1.54) is 6.92 Å². The number of carbonyl (C=O) groups is 1. The van der Waals surface area contributed by atoms with Crippen molar-refractivity contribution in [2.45, 2.75) is 13.5 Å². The van der Waals surface area contributed by atoms with E-state index in [2.05, 4.69) is 6.07 Å². The normalized spacial score (nSPS) is 9.76. The van der Waals surface area contributed by atoms with Crippen molar-refractivity contribution < 1.29 is 14.3 Å². The summed E-state index contributed by atoms with van der Waals surface area (Å²) in [5.41, 5.74) is 1.93. The predicted octanol–water partition coefficient (Wildman–Crippen LogP) is 3.35. The van der Waals surface area contributed by atoms with Gasteiger partial charge in [-0.25, -0.2) is 0 Å². The number of nitriles is 1. The maximum absolute atomic E-state index is 11.3. The topological polar surface area (TPSA) is 59.3 Å². The van der Waals surface area contributed by atoms with Crippen LogP contribution in [0, 0.1) is 11.3 Å². The Hall–Kier alpha value is -2.80. The van der Waals surface area contributed by atoms with Crippen molar-refractivity contribution >= 4 is 5.78 Å². The van der Waals surface area contributed by atoms with Gasteiger partial charge in [0, 0.05) is 11.1 Å². The molecule has 0 heterocycles. The molecular weight excluding hydrogens is 266 g/mol. The molecule has 0 amide bonds. The van der Waals surface area contributed by atoms with Crippen LogP contribution in [-0.4, -0.2) is 12.9 Å². The predicted molar refractivity (Wildman–Crippen MR) is 78.5 cm³/mol. The molecule has 0 unspecified atom stereocenters. The highest BCUT2D eigenvalue weighted by Gasteiger charge is 2.07. The quantitative estimate of drug-likeness (QED) is 0.788. The number of benzene rings is 2. The van der Waals surface area contributed by atoms with Crippen LogP contribution in [0.3, 0.4) is 0 Å². The Morgan fingerprint density at radius 2 is 2.05 bits per heavy atom. The van der Waals surface area contributed by atoms with Crippen molar-refractivity contribution in [3.05, 3.63) is 59.2 Å². The fourth-order valence-corrected chi connectivity index (χ4v) is 1.93. The van der Waals surface area contributed by atoms with Gasteiger partial charge >= 0.3 is 0 Å². The number of rotatable bonds is 5. The van der Waals surface area contributed by atoms with E-state index in [1.807, 2.05) is 0 Å². The first-order chi connectivity index (χ1) is 10.1. The molecule has 2 aromatic carbocycles. The van der Waals surface area contributed by atoms with Gasteiger partial charge in [0.15, 0.2) is 5.78 Å². The summed E-state index contributed by atoms with van der Waals surface area (Å²) >= 11 is 0. The number of methoxy groups -OCH3 is 1. The minimum Gasteiger partial charge on any atom is -0.496 e. The third-order valence-electron chi connectivity index (χ3n) is 3.04. The molecule has 0 fully saturated rings. The lowest BCUT2D eigenvalue weighted by Crippen LogP contribution is -2.00. The molecule has 0 aliphatic carbocycles. The van der Waals surface area contributed by atoms with Gasteiger partial charge in [-0.05, 0) is 37.3 Å². The van der Waals surface area contributed by atoms with Crippen LogP contribution in [0.4, 0.5) is 0 Å². The molecule has 0 saturated carbocycles. The Morgan fingerprint density at radius 1 is 1.24 bits per heavy atom. The number of hydrogen-bond acceptors (Lipinski definition) is 4. The lowest BCUT2D eigenvalue weighted by molar-refractivity contribution is 0.101. The zero-order valence-electron chi connectivity index (χ0n) is 11.9. The minimum atomic E-state index is -0.00971. The van der Waals surface area contributed by atoms with Gasteiger partial charge in [0.1, 0.15) is 18.1 Å². The summed E-state index contributed by atoms with van der Waals surface area (Å²) in [6, 6.07) is 14.2. The molecular formula is C17H15NO3. The van der Waals surface area contributed by atoms with Crippen LogP contribution in [0.1, 0.15) is 28.4 Å². The average molecular weight is 281 g/mol. The summed E-state index contributed by atoms with van der Waals surface area (Å²) in [6.07, 6.45) is 0. The molecule has 0 saturated heterocycles. The van der Waals surface area contributed by atoms with E-state index in [0.717, 1.165) is 5.56 Å². The summed E-state index contributed by atoms with van der Waals surface area (Å²) < 4.78 is 10.9. The van der Waals surface area contributed by atoms with Gasteiger partial charge in [0.05, 0.1) is 18.7 Å². The molecule has 0 atom stereocenters. The highest BCUT2D eigenvalue weighted by atomic mass is 16.5. The third-order valence-corrected chi connectivity index (χ3v) is 3.04. The Morgan fingerprint density at radius 3 is 2.71 bits per heavy atom. The molecule has 0 aromatic heterocycles. The van der Waals surface area contributed by atoms with Gasteiger partial charge in [-0.2, -0.15) is 5.26 Å². The molecule has 106 valence electrons. The maximum atomic E-state index is 11.3. The van der Waals surface area contributed by atoms with Crippen LogP contribution >= 0.6 is 0 Å². The molecule has 0 N–H and O–H groups in total. The van der Waals surface area contributed by atoms with Gasteiger partial charge in [-0.15, -0.1) is 0 Å². The number of hydrogen-bond donors (Lipinski definition) is 0. The maximum Gasteiger partial charge on any atom is 0.159 e. The monoisotopic (exact) mass is 281 g/mol. The number of Topliss-reactive ketones (excluding diaryl/α,β-unsaturated/α-hetero) is 1. The van der Waals surface area contributed by atoms with Gasteiger partial charge in [-0.3, -0.25) is 4.79 Å². The van der Waals surface area contributed by atoms with Crippen molar-refractivity contribution in [3.63, 3.8) is 0 Å². The number of ketones is 1. The Kier molecular flexibility index (Phi) is 4.57. The fourth-order valence-electron chi connectivity index (χ4n) is 1.93. The SMILES string of the molecule is COc1ccc(C#N)cc1COc1cccc(C(C)=O)c1. The van der Waals surface area contributed by atoms with Gasteiger partial charge in [-0.1, -0.05) is 12.1 Å². The van der Waals surface area contributed by atoms with Crippen LogP contribution in [0.5, 0.6) is 11.5 Å². The lowest BCUT2D eigenvalue weighted by Gasteiger charge is -2.11. The second-order valence-electron chi connectivity index (χ2n) is 4.51. The summed E-state index contributed by atoms with van der Waals surface area (Å²) in [5.74, 6) is 1.26. The minimum absolute atomic E-state index is 0.00971. The Bertz CT molecular complexity index is 701. The van der Waals surface area contributed by atoms with E-state index in [0.29, 0.717) is 22.6 Å². The average Bonchev–Trinajstić information content (AvgIpc) is 2.52. The molecule has 2 rings (SSSR count). The second-order valence-corrected chi connectivity index (χ2v) is 4.51. The molecule has 4 heteroatoms. The van der Waals surface area contributed by atoms with E-state index < -0.39 is 0 Å². The van der Waals surface area contributed by atoms with Crippen molar-refractivity contribution in [1.29, 1.82) is 5.26 Å². The number of ether oxygens (including phenoxy) is 2. The molecule has 0 spiro atoms. The van der Waals surface area contributed by atoms with Gasteiger partial charge in [0.25, 0.3) is 0 Å². The van der Waals surface area contributed by atoms with E-state index in [4.69, 9.17) is 14.7 Å². The number of nitrogens with zero attached hydrogens (tertiary/aromatic N) is 1. The molecule has 0 aliphatic rings. The highest BCUT2D eigenvalue weighted by molar-refractivity contribution is 5.94. The molecule has 0 bridgehead atoms. The van der Waals surface area contributed by atoms with Crippen LogP contribution in [0.25, 0.3) is 0 Å². The van der Waals surface area contributed by atoms with Crippen LogP contribution in [0.2, 0.25) is 0 Å². The van der Waals surface area contributed by atoms with E-state index in [-0.39, 0.29) is 12.4 Å². The second kappa shape index (κ2) is 6.58. The summed E-state index contributed by atoms with van der Waals surface area (Å²) in [4.78, 5) is 11.3. The summed E-state index contributed by atoms with van der Waals surface area (Å²) in [6.45, 7) is 1.78. The standard InChI is InChI=1S/C17H15NO3/c1-12(19)14-4-3-5-16(9-14)21-11-15-8-13(10-18)6-7-17(15)20-2/h3-9H,11H2,1-2H3. The van der Waals surface area contributed by atoms with Crippen LogP contribution < -0.4 is 9.47 Å². The van der Waals surface area contributed by atoms with Crippen LogP contribution in [-0.2, 0) is 6.61 Å².